The number of aliphatic hydroxyl groups excluding tert-OH is 1. The van der Waals surface area contributed by atoms with E-state index in [-0.39, 0.29) is 0 Å². The average Bonchev–Trinajstić information content (AvgIpc) is 1.96. The van der Waals surface area contributed by atoms with Gasteiger partial charge in [-0.2, -0.15) is 0 Å². The molecule has 11 heavy (non-hydrogen) atoms. The third-order valence-corrected chi connectivity index (χ3v) is 1.09. The van der Waals surface area contributed by atoms with Crippen LogP contribution in [-0.2, 0) is 0 Å². The minimum Gasteiger partial charge on any atom is -0.381 e. The van der Waals surface area contributed by atoms with E-state index in [0.717, 1.165) is 12.8 Å². The van der Waals surface area contributed by atoms with E-state index < -0.39 is 6.10 Å². The van der Waals surface area contributed by atoms with E-state index in [0.29, 0.717) is 0 Å². The Balaban J connectivity index is 3.49. The van der Waals surface area contributed by atoms with Crippen LogP contribution in [0.4, 0.5) is 0 Å². The summed E-state index contributed by atoms with van der Waals surface area (Å²) >= 11 is 0. The molecule has 0 bridgehead atoms. The zero-order valence-corrected chi connectivity index (χ0v) is 7.15. The van der Waals surface area contributed by atoms with Gasteiger partial charge in [-0.1, -0.05) is 25.2 Å². The second-order valence-electron chi connectivity index (χ2n) is 2.35. The molecule has 0 spiro atoms. The van der Waals surface area contributed by atoms with Crippen LogP contribution in [0.1, 0.15) is 33.1 Å². The molecule has 0 aliphatic carbocycles. The molecule has 0 amide bonds. The number of rotatable bonds is 2. The molecule has 0 aromatic heterocycles. The van der Waals surface area contributed by atoms with Crippen molar-refractivity contribution in [3.63, 3.8) is 0 Å². The fraction of sp³-hybridized carbons (Fsp3) is 0.600. The van der Waals surface area contributed by atoms with E-state index in [9.17, 15) is 0 Å². The maximum atomic E-state index is 8.71. The van der Waals surface area contributed by atoms with Crippen molar-refractivity contribution in [1.82, 2.24) is 0 Å². The number of unbranched alkanes of at least 4 members (excludes halogenated alkanes) is 2. The van der Waals surface area contributed by atoms with E-state index in [1.807, 2.05) is 0 Å². The van der Waals surface area contributed by atoms with Crippen LogP contribution < -0.4 is 0 Å². The van der Waals surface area contributed by atoms with Gasteiger partial charge >= 0.3 is 0 Å². The Morgan fingerprint density at radius 3 is 2.64 bits per heavy atom. The van der Waals surface area contributed by atoms with Crippen molar-refractivity contribution >= 4 is 0 Å². The summed E-state index contributed by atoms with van der Waals surface area (Å²) in [5, 5.41) is 8.71. The highest BCUT2D eigenvalue weighted by Gasteiger charge is 1.79. The molecule has 0 aromatic rings. The molecule has 60 valence electrons. The standard InChI is InChI=1S/C10H14O/c1-3-4-5-6-7-8-9-10(2)11/h10-11H,3-5H2,1-2H3/t10-/m1/s1. The summed E-state index contributed by atoms with van der Waals surface area (Å²) in [6.45, 7) is 3.75. The van der Waals surface area contributed by atoms with Crippen molar-refractivity contribution in [2.24, 2.45) is 0 Å². The molecule has 1 atom stereocenters. The van der Waals surface area contributed by atoms with Gasteiger partial charge in [0.15, 0.2) is 0 Å². The molecular formula is C10H14O. The lowest BCUT2D eigenvalue weighted by molar-refractivity contribution is 0.253. The van der Waals surface area contributed by atoms with Crippen LogP contribution in [-0.4, -0.2) is 11.2 Å². The quantitative estimate of drug-likeness (QED) is 0.468. The van der Waals surface area contributed by atoms with E-state index in [1.54, 1.807) is 6.92 Å². The van der Waals surface area contributed by atoms with Crippen LogP contribution >= 0.6 is 0 Å². The summed E-state index contributed by atoms with van der Waals surface area (Å²) in [5.74, 6) is 10.7. The van der Waals surface area contributed by atoms with Crippen molar-refractivity contribution in [3.05, 3.63) is 0 Å². The molecule has 0 heterocycles. The van der Waals surface area contributed by atoms with Gasteiger partial charge in [0.05, 0.1) is 0 Å². The fourth-order valence-electron chi connectivity index (χ4n) is 0.512. The van der Waals surface area contributed by atoms with Crippen molar-refractivity contribution in [2.45, 2.75) is 39.2 Å². The predicted molar refractivity (Wildman–Crippen MR) is 46.8 cm³/mol. The second kappa shape index (κ2) is 7.19. The first-order valence-corrected chi connectivity index (χ1v) is 3.93. The SMILES string of the molecule is CCCCC#CC#C[C@@H](C)O. The van der Waals surface area contributed by atoms with Gasteiger partial charge in [-0.3, -0.25) is 0 Å². The summed E-state index contributed by atoms with van der Waals surface area (Å²) < 4.78 is 0. The zero-order valence-electron chi connectivity index (χ0n) is 7.15. The molecule has 0 saturated heterocycles. The highest BCUT2D eigenvalue weighted by Crippen LogP contribution is 1.89. The molecule has 0 saturated carbocycles. The Labute approximate surface area is 68.8 Å². The second-order valence-corrected chi connectivity index (χ2v) is 2.35. The van der Waals surface area contributed by atoms with Gasteiger partial charge in [-0.15, -0.1) is 0 Å². The van der Waals surface area contributed by atoms with Gasteiger partial charge in [-0.05, 0) is 25.2 Å². The first-order chi connectivity index (χ1) is 5.27. The van der Waals surface area contributed by atoms with Crippen molar-refractivity contribution in [2.75, 3.05) is 0 Å². The van der Waals surface area contributed by atoms with Gasteiger partial charge < -0.3 is 5.11 Å². The smallest absolute Gasteiger partial charge is 0.112 e. The lowest BCUT2D eigenvalue weighted by atomic mass is 10.2. The highest BCUT2D eigenvalue weighted by atomic mass is 16.3. The van der Waals surface area contributed by atoms with E-state index in [2.05, 4.69) is 30.6 Å². The van der Waals surface area contributed by atoms with E-state index in [4.69, 9.17) is 5.11 Å². The molecule has 0 aliphatic rings. The van der Waals surface area contributed by atoms with E-state index in [1.165, 1.54) is 6.42 Å². The Bertz CT molecular complexity index is 194. The summed E-state index contributed by atoms with van der Waals surface area (Å²) in [6, 6.07) is 0. The van der Waals surface area contributed by atoms with Gasteiger partial charge in [0.1, 0.15) is 6.10 Å². The lowest BCUT2D eigenvalue weighted by Crippen LogP contribution is -1.91. The predicted octanol–water partition coefficient (Wildman–Crippen LogP) is 1.56. The molecule has 0 rings (SSSR count). The monoisotopic (exact) mass is 150 g/mol. The Morgan fingerprint density at radius 1 is 1.36 bits per heavy atom. The third-order valence-electron chi connectivity index (χ3n) is 1.09. The van der Waals surface area contributed by atoms with Crippen LogP contribution in [0, 0.1) is 23.7 Å². The Hall–Kier alpha value is -0.920. The van der Waals surface area contributed by atoms with Crippen LogP contribution in [0.5, 0.6) is 0 Å². The molecule has 1 N–H and O–H groups in total. The number of hydrogen-bond donors (Lipinski definition) is 1. The first-order valence-electron chi connectivity index (χ1n) is 3.93. The van der Waals surface area contributed by atoms with Gasteiger partial charge in [0.2, 0.25) is 0 Å². The number of aliphatic hydroxyl groups is 1. The van der Waals surface area contributed by atoms with Gasteiger partial charge in [0, 0.05) is 6.42 Å². The summed E-state index contributed by atoms with van der Waals surface area (Å²) in [5.41, 5.74) is 0. The van der Waals surface area contributed by atoms with Crippen molar-refractivity contribution in [3.8, 4) is 23.7 Å². The fourth-order valence-corrected chi connectivity index (χ4v) is 0.512. The summed E-state index contributed by atoms with van der Waals surface area (Å²) in [6.07, 6.45) is 2.64. The normalized spacial score (nSPS) is 10.5. The Morgan fingerprint density at radius 2 is 2.09 bits per heavy atom. The van der Waals surface area contributed by atoms with Gasteiger partial charge in [0.25, 0.3) is 0 Å². The molecule has 0 unspecified atom stereocenters. The molecule has 0 fully saturated rings. The topological polar surface area (TPSA) is 20.2 Å². The van der Waals surface area contributed by atoms with Crippen LogP contribution in [0.2, 0.25) is 0 Å². The molecule has 1 heteroatoms. The van der Waals surface area contributed by atoms with Crippen LogP contribution in [0.3, 0.4) is 0 Å². The first kappa shape index (κ1) is 10.1. The van der Waals surface area contributed by atoms with Crippen LogP contribution in [0.15, 0.2) is 0 Å². The minimum absolute atomic E-state index is 0.560. The molecule has 0 aromatic carbocycles. The summed E-state index contributed by atoms with van der Waals surface area (Å²) in [7, 11) is 0. The highest BCUT2D eigenvalue weighted by molar-refractivity contribution is 5.26. The molecule has 0 aliphatic heterocycles. The largest absolute Gasteiger partial charge is 0.381 e. The number of hydrogen-bond acceptors (Lipinski definition) is 1. The zero-order chi connectivity index (χ0) is 8.53. The third kappa shape index (κ3) is 9.08. The minimum atomic E-state index is -0.560. The average molecular weight is 150 g/mol. The molecule has 0 radical (unpaired) electrons. The van der Waals surface area contributed by atoms with Crippen LogP contribution in [0.25, 0.3) is 0 Å². The Kier molecular flexibility index (Phi) is 6.59. The maximum absolute atomic E-state index is 8.71. The van der Waals surface area contributed by atoms with E-state index >= 15 is 0 Å². The molecular weight excluding hydrogens is 136 g/mol. The molecule has 1 nitrogen and oxygen atoms in total. The summed E-state index contributed by atoms with van der Waals surface area (Å²) in [4.78, 5) is 0. The lowest BCUT2D eigenvalue weighted by Gasteiger charge is -1.83. The van der Waals surface area contributed by atoms with Crippen molar-refractivity contribution < 1.29 is 5.11 Å². The maximum Gasteiger partial charge on any atom is 0.112 e. The van der Waals surface area contributed by atoms with Gasteiger partial charge in [-0.25, -0.2) is 0 Å². The van der Waals surface area contributed by atoms with Crippen molar-refractivity contribution in [1.29, 1.82) is 0 Å².